The van der Waals surface area contributed by atoms with E-state index in [4.69, 9.17) is 0 Å². The van der Waals surface area contributed by atoms with Crippen LogP contribution in [0, 0.1) is 0 Å². The molecule has 136 valence electrons. The first kappa shape index (κ1) is 17.3. The molecule has 2 aromatic carbocycles. The number of rotatable bonds is 5. The van der Waals surface area contributed by atoms with Crippen molar-refractivity contribution in [3.63, 3.8) is 0 Å². The van der Waals surface area contributed by atoms with Gasteiger partial charge in [-0.1, -0.05) is 54.6 Å². The Kier molecular flexibility index (Phi) is 5.32. The molecule has 4 nitrogen and oxygen atoms in total. The lowest BCUT2D eigenvalue weighted by molar-refractivity contribution is -0.123. The van der Waals surface area contributed by atoms with Crippen LogP contribution in [-0.2, 0) is 24.3 Å². The van der Waals surface area contributed by atoms with Crippen LogP contribution in [0.2, 0.25) is 0 Å². The molecule has 0 spiro atoms. The third kappa shape index (κ3) is 4.32. The van der Waals surface area contributed by atoms with Gasteiger partial charge >= 0.3 is 0 Å². The number of amides is 1. The van der Waals surface area contributed by atoms with Gasteiger partial charge in [0.15, 0.2) is 0 Å². The van der Waals surface area contributed by atoms with E-state index in [0.717, 1.165) is 45.6 Å². The number of nitrogens with one attached hydrogen (secondary N) is 1. The summed E-state index contributed by atoms with van der Waals surface area (Å²) >= 11 is 0. The van der Waals surface area contributed by atoms with E-state index in [-0.39, 0.29) is 11.9 Å². The largest absolute Gasteiger partial charge is 0.351 e. The third-order valence-corrected chi connectivity index (χ3v) is 5.46. The average Bonchev–Trinajstić information content (AvgIpc) is 3.09. The molecule has 0 aliphatic carbocycles. The van der Waals surface area contributed by atoms with Gasteiger partial charge in [-0.3, -0.25) is 14.6 Å². The first-order valence-electron chi connectivity index (χ1n) is 9.61. The highest BCUT2D eigenvalue weighted by Crippen LogP contribution is 2.18. The molecule has 0 radical (unpaired) electrons. The molecule has 2 aromatic rings. The summed E-state index contributed by atoms with van der Waals surface area (Å²) in [6.07, 6.45) is 2.08. The number of carbonyl (C=O) groups excluding carboxylic acids is 1. The summed E-state index contributed by atoms with van der Waals surface area (Å²) in [4.78, 5) is 17.2. The summed E-state index contributed by atoms with van der Waals surface area (Å²) < 4.78 is 0. The lowest BCUT2D eigenvalue weighted by Gasteiger charge is -2.28. The number of hydrogen-bond acceptors (Lipinski definition) is 3. The lowest BCUT2D eigenvalue weighted by Crippen LogP contribution is -2.44. The molecule has 0 saturated carbocycles. The van der Waals surface area contributed by atoms with E-state index in [0.29, 0.717) is 6.54 Å². The maximum absolute atomic E-state index is 12.5. The SMILES string of the molecule is O=C(CN1CCc2ccccc2C1)N[C@H]1CCN(Cc2ccccc2)C1. The van der Waals surface area contributed by atoms with Crippen molar-refractivity contribution in [1.82, 2.24) is 15.1 Å². The number of likely N-dealkylation sites (tertiary alicyclic amines) is 1. The predicted molar refractivity (Wildman–Crippen MR) is 104 cm³/mol. The second kappa shape index (κ2) is 8.02. The summed E-state index contributed by atoms with van der Waals surface area (Å²) in [5.41, 5.74) is 4.13. The maximum Gasteiger partial charge on any atom is 0.234 e. The van der Waals surface area contributed by atoms with Crippen LogP contribution < -0.4 is 5.32 Å². The van der Waals surface area contributed by atoms with Gasteiger partial charge in [0.2, 0.25) is 5.91 Å². The number of benzene rings is 2. The molecule has 4 rings (SSSR count). The van der Waals surface area contributed by atoms with Gasteiger partial charge in [-0.2, -0.15) is 0 Å². The summed E-state index contributed by atoms with van der Waals surface area (Å²) in [6, 6.07) is 19.4. The average molecular weight is 349 g/mol. The van der Waals surface area contributed by atoms with Crippen molar-refractivity contribution in [1.29, 1.82) is 0 Å². The highest BCUT2D eigenvalue weighted by atomic mass is 16.2. The number of carbonyl (C=O) groups is 1. The monoisotopic (exact) mass is 349 g/mol. The Hall–Kier alpha value is -2.17. The molecule has 1 amide bonds. The van der Waals surface area contributed by atoms with Crippen molar-refractivity contribution in [2.45, 2.75) is 32.0 Å². The number of hydrogen-bond donors (Lipinski definition) is 1. The van der Waals surface area contributed by atoms with E-state index < -0.39 is 0 Å². The summed E-state index contributed by atoms with van der Waals surface area (Å²) in [7, 11) is 0. The van der Waals surface area contributed by atoms with E-state index in [2.05, 4.69) is 69.7 Å². The Morgan fingerprint density at radius 1 is 0.962 bits per heavy atom. The molecule has 2 heterocycles. The number of nitrogens with zero attached hydrogens (tertiary/aromatic N) is 2. The molecule has 4 heteroatoms. The van der Waals surface area contributed by atoms with Gasteiger partial charge < -0.3 is 5.32 Å². The van der Waals surface area contributed by atoms with Gasteiger partial charge in [0.1, 0.15) is 0 Å². The Morgan fingerprint density at radius 2 is 1.73 bits per heavy atom. The van der Waals surface area contributed by atoms with Gasteiger partial charge in [0, 0.05) is 38.8 Å². The fourth-order valence-corrected chi connectivity index (χ4v) is 4.10. The van der Waals surface area contributed by atoms with Crippen LogP contribution in [0.3, 0.4) is 0 Å². The molecule has 0 aromatic heterocycles. The molecule has 2 aliphatic rings. The van der Waals surface area contributed by atoms with Gasteiger partial charge in [-0.25, -0.2) is 0 Å². The normalized spacial score (nSPS) is 20.7. The zero-order chi connectivity index (χ0) is 17.8. The van der Waals surface area contributed by atoms with E-state index >= 15 is 0 Å². The molecule has 1 atom stereocenters. The zero-order valence-electron chi connectivity index (χ0n) is 15.2. The Morgan fingerprint density at radius 3 is 2.58 bits per heavy atom. The van der Waals surface area contributed by atoms with Crippen LogP contribution in [0.5, 0.6) is 0 Å². The molecular weight excluding hydrogens is 322 g/mol. The zero-order valence-corrected chi connectivity index (χ0v) is 15.2. The Balaban J connectivity index is 1.23. The minimum atomic E-state index is 0.163. The van der Waals surface area contributed by atoms with Crippen molar-refractivity contribution in [2.75, 3.05) is 26.2 Å². The topological polar surface area (TPSA) is 35.6 Å². The van der Waals surface area contributed by atoms with Crippen LogP contribution in [0.25, 0.3) is 0 Å². The third-order valence-electron chi connectivity index (χ3n) is 5.46. The summed E-state index contributed by atoms with van der Waals surface area (Å²) in [5, 5.41) is 3.24. The van der Waals surface area contributed by atoms with Crippen LogP contribution in [0.1, 0.15) is 23.1 Å². The van der Waals surface area contributed by atoms with E-state index in [1.807, 2.05) is 0 Å². The van der Waals surface area contributed by atoms with Crippen molar-refractivity contribution in [3.05, 3.63) is 71.3 Å². The fraction of sp³-hybridized carbons (Fsp3) is 0.409. The Bertz CT molecular complexity index is 746. The van der Waals surface area contributed by atoms with Crippen molar-refractivity contribution in [3.8, 4) is 0 Å². The minimum absolute atomic E-state index is 0.163. The van der Waals surface area contributed by atoms with E-state index in [1.54, 1.807) is 0 Å². The number of fused-ring (bicyclic) bond motifs is 1. The molecule has 1 saturated heterocycles. The van der Waals surface area contributed by atoms with Crippen LogP contribution in [-0.4, -0.2) is 47.9 Å². The lowest BCUT2D eigenvalue weighted by atomic mass is 10.00. The van der Waals surface area contributed by atoms with Crippen molar-refractivity contribution < 1.29 is 4.79 Å². The first-order chi connectivity index (χ1) is 12.8. The maximum atomic E-state index is 12.5. The minimum Gasteiger partial charge on any atom is -0.351 e. The van der Waals surface area contributed by atoms with Crippen molar-refractivity contribution in [2.24, 2.45) is 0 Å². The second-order valence-corrected chi connectivity index (χ2v) is 7.50. The first-order valence-corrected chi connectivity index (χ1v) is 9.61. The van der Waals surface area contributed by atoms with Crippen molar-refractivity contribution >= 4 is 5.91 Å². The second-order valence-electron chi connectivity index (χ2n) is 7.50. The van der Waals surface area contributed by atoms with Gasteiger partial charge in [0.25, 0.3) is 0 Å². The highest BCUT2D eigenvalue weighted by Gasteiger charge is 2.25. The molecule has 1 N–H and O–H groups in total. The smallest absolute Gasteiger partial charge is 0.234 e. The fourth-order valence-electron chi connectivity index (χ4n) is 4.10. The predicted octanol–water partition coefficient (Wildman–Crippen LogP) is 2.44. The Labute approximate surface area is 155 Å². The van der Waals surface area contributed by atoms with E-state index in [9.17, 15) is 4.79 Å². The standard InChI is InChI=1S/C22H27N3O/c26-22(17-25-12-10-19-8-4-5-9-20(19)15-25)23-21-11-13-24(16-21)14-18-6-2-1-3-7-18/h1-9,21H,10-17H2,(H,23,26)/t21-/m0/s1. The van der Waals surface area contributed by atoms with Gasteiger partial charge in [0.05, 0.1) is 6.54 Å². The van der Waals surface area contributed by atoms with Crippen LogP contribution in [0.15, 0.2) is 54.6 Å². The molecule has 0 unspecified atom stereocenters. The summed E-state index contributed by atoms with van der Waals surface area (Å²) in [5.74, 6) is 0.163. The molecule has 0 bridgehead atoms. The van der Waals surface area contributed by atoms with Gasteiger partial charge in [-0.15, -0.1) is 0 Å². The van der Waals surface area contributed by atoms with E-state index in [1.165, 1.54) is 16.7 Å². The van der Waals surface area contributed by atoms with Crippen LogP contribution in [0.4, 0.5) is 0 Å². The molecular formula is C22H27N3O. The summed E-state index contributed by atoms with van der Waals surface area (Å²) in [6.45, 7) is 5.32. The molecule has 26 heavy (non-hydrogen) atoms. The quantitative estimate of drug-likeness (QED) is 0.901. The molecule has 2 aliphatic heterocycles. The molecule has 1 fully saturated rings. The highest BCUT2D eigenvalue weighted by molar-refractivity contribution is 5.78. The van der Waals surface area contributed by atoms with Gasteiger partial charge in [-0.05, 0) is 29.5 Å². The van der Waals surface area contributed by atoms with Crippen LogP contribution >= 0.6 is 0 Å².